The van der Waals surface area contributed by atoms with Crippen molar-refractivity contribution in [3.05, 3.63) is 77.5 Å². The molecule has 1 amide bonds. The molecule has 0 spiro atoms. The van der Waals surface area contributed by atoms with Crippen LogP contribution in [-0.4, -0.2) is 10.8 Å². The minimum absolute atomic E-state index is 0.164. The number of hydrogen-bond acceptors (Lipinski definition) is 5. The molecule has 1 aromatic heterocycles. The van der Waals surface area contributed by atoms with Crippen LogP contribution in [0.15, 0.2) is 60.6 Å². The topological polar surface area (TPSA) is 102 Å². The van der Waals surface area contributed by atoms with E-state index in [2.05, 4.69) is 37.2 Å². The Morgan fingerprint density at radius 3 is 2.56 bits per heavy atom. The number of halogens is 2. The van der Waals surface area contributed by atoms with Gasteiger partial charge in [0, 0.05) is 26.5 Å². The van der Waals surface area contributed by atoms with E-state index in [0.29, 0.717) is 10.2 Å². The molecule has 3 aromatic rings. The van der Waals surface area contributed by atoms with Gasteiger partial charge in [-0.05, 0) is 46.3 Å². The molecule has 3 rings (SSSR count). The molecule has 9 heteroatoms. The van der Waals surface area contributed by atoms with Gasteiger partial charge in [-0.25, -0.2) is 4.79 Å². The van der Waals surface area contributed by atoms with Gasteiger partial charge in [0.25, 0.3) is 11.6 Å². The predicted molar refractivity (Wildman–Crippen MR) is 98.9 cm³/mol. The molecule has 0 bridgehead atoms. The maximum atomic E-state index is 12.4. The van der Waals surface area contributed by atoms with E-state index in [0.717, 1.165) is 4.47 Å². The number of non-ortho nitro benzene ring substituents is 1. The molecule has 1 N–H and O–H groups in total. The summed E-state index contributed by atoms with van der Waals surface area (Å²) in [5.74, 6) is -0.676. The van der Waals surface area contributed by atoms with Gasteiger partial charge in [-0.15, -0.1) is 0 Å². The van der Waals surface area contributed by atoms with Crippen LogP contribution in [0.5, 0.6) is 0 Å². The molecule has 0 atom stereocenters. The second kappa shape index (κ2) is 6.77. The lowest BCUT2D eigenvalue weighted by Gasteiger charge is -2.07. The van der Waals surface area contributed by atoms with E-state index < -0.39 is 16.5 Å². The third-order valence-electron chi connectivity index (χ3n) is 3.35. The highest BCUT2D eigenvalue weighted by atomic mass is 79.9. The highest BCUT2D eigenvalue weighted by molar-refractivity contribution is 9.11. The number of nitrogens with zero attached hydrogens (tertiary/aromatic N) is 1. The first kappa shape index (κ1) is 17.3. The molecular weight excluding hydrogens is 460 g/mol. The van der Waals surface area contributed by atoms with Crippen molar-refractivity contribution in [3.63, 3.8) is 0 Å². The number of carbonyl (C=O) groups is 1. The largest absolute Gasteiger partial charge is 0.422 e. The number of hydrogen-bond donors (Lipinski definition) is 1. The van der Waals surface area contributed by atoms with Crippen LogP contribution in [0.3, 0.4) is 0 Å². The summed E-state index contributed by atoms with van der Waals surface area (Å²) in [6.07, 6.45) is 0. The van der Waals surface area contributed by atoms with Crippen LogP contribution in [0.4, 0.5) is 11.4 Å². The Morgan fingerprint density at radius 2 is 1.88 bits per heavy atom. The highest BCUT2D eigenvalue weighted by Gasteiger charge is 2.16. The van der Waals surface area contributed by atoms with Crippen molar-refractivity contribution in [1.82, 2.24) is 0 Å². The summed E-state index contributed by atoms with van der Waals surface area (Å²) in [6, 6.07) is 10.2. The fourth-order valence-electron chi connectivity index (χ4n) is 2.16. The lowest BCUT2D eigenvalue weighted by molar-refractivity contribution is -0.384. The highest BCUT2D eigenvalue weighted by Crippen LogP contribution is 2.27. The molecule has 7 nitrogen and oxygen atoms in total. The van der Waals surface area contributed by atoms with Gasteiger partial charge >= 0.3 is 5.63 Å². The maximum absolute atomic E-state index is 12.4. The van der Waals surface area contributed by atoms with Crippen molar-refractivity contribution in [3.8, 4) is 0 Å². The monoisotopic (exact) mass is 466 g/mol. The zero-order valence-corrected chi connectivity index (χ0v) is 15.5. The third kappa shape index (κ3) is 3.62. The molecule has 0 radical (unpaired) electrons. The number of fused-ring (bicyclic) bond motifs is 1. The van der Waals surface area contributed by atoms with Crippen LogP contribution in [0.2, 0.25) is 0 Å². The second-order valence-electron chi connectivity index (χ2n) is 5.01. The van der Waals surface area contributed by atoms with E-state index in [9.17, 15) is 19.7 Å². The number of nitro benzene ring substituents is 1. The summed E-state index contributed by atoms with van der Waals surface area (Å²) in [7, 11) is 0. The van der Waals surface area contributed by atoms with Gasteiger partial charge < -0.3 is 9.73 Å². The molecule has 25 heavy (non-hydrogen) atoms. The van der Waals surface area contributed by atoms with Crippen LogP contribution in [-0.2, 0) is 0 Å². The van der Waals surface area contributed by atoms with Crippen molar-refractivity contribution in [2.45, 2.75) is 0 Å². The Labute approximate surface area is 157 Å². The molecule has 0 saturated heterocycles. The molecule has 0 aliphatic carbocycles. The van der Waals surface area contributed by atoms with Crippen molar-refractivity contribution in [2.24, 2.45) is 0 Å². The smallest absolute Gasteiger partial charge is 0.349 e. The number of carbonyl (C=O) groups excluding carboxylic acids is 1. The van der Waals surface area contributed by atoms with E-state index in [-0.39, 0.29) is 22.2 Å². The fraction of sp³-hybridized carbons (Fsp3) is 0. The number of benzene rings is 2. The van der Waals surface area contributed by atoms with E-state index in [4.69, 9.17) is 4.42 Å². The fourth-order valence-corrected chi connectivity index (χ4v) is 3.31. The second-order valence-corrected chi connectivity index (χ2v) is 6.78. The molecular formula is C16H8Br2N2O5. The number of nitro groups is 1. The number of nitrogens with one attached hydrogen (secondary N) is 1. The van der Waals surface area contributed by atoms with Gasteiger partial charge in [0.1, 0.15) is 11.1 Å². The summed E-state index contributed by atoms with van der Waals surface area (Å²) in [6.45, 7) is 0. The van der Waals surface area contributed by atoms with Gasteiger partial charge in [0.2, 0.25) is 0 Å². The Hall–Kier alpha value is -2.52. The average Bonchev–Trinajstić information content (AvgIpc) is 2.56. The third-order valence-corrected chi connectivity index (χ3v) is 4.50. The lowest BCUT2D eigenvalue weighted by atomic mass is 10.1. The van der Waals surface area contributed by atoms with Gasteiger partial charge in [-0.3, -0.25) is 14.9 Å². The van der Waals surface area contributed by atoms with Crippen LogP contribution in [0.25, 0.3) is 11.0 Å². The first-order chi connectivity index (χ1) is 11.8. The van der Waals surface area contributed by atoms with Crippen molar-refractivity contribution < 1.29 is 14.1 Å². The standard InChI is InChI=1S/C16H8Br2N2O5/c17-9-1-3-13(12(18)7-9)19-15(21)11-6-8-5-10(20(23)24)2-4-14(8)25-16(11)22/h1-7H,(H,19,21). The Bertz CT molecular complexity index is 1080. The lowest BCUT2D eigenvalue weighted by Crippen LogP contribution is -2.20. The maximum Gasteiger partial charge on any atom is 0.349 e. The van der Waals surface area contributed by atoms with Gasteiger partial charge in [0.15, 0.2) is 0 Å². The molecule has 2 aromatic carbocycles. The number of anilines is 1. The summed E-state index contributed by atoms with van der Waals surface area (Å²) < 4.78 is 6.51. The zero-order chi connectivity index (χ0) is 18.1. The summed E-state index contributed by atoms with van der Waals surface area (Å²) in [4.78, 5) is 34.7. The Morgan fingerprint density at radius 1 is 1.12 bits per heavy atom. The molecule has 126 valence electrons. The average molecular weight is 468 g/mol. The van der Waals surface area contributed by atoms with E-state index in [1.165, 1.54) is 24.3 Å². The first-order valence-electron chi connectivity index (χ1n) is 6.84. The SMILES string of the molecule is O=C(Nc1ccc(Br)cc1Br)c1cc2cc([N+](=O)[O-])ccc2oc1=O. The predicted octanol–water partition coefficient (Wildman–Crippen LogP) is 4.48. The molecule has 1 heterocycles. The van der Waals surface area contributed by atoms with E-state index in [1.54, 1.807) is 18.2 Å². The van der Waals surface area contributed by atoms with E-state index >= 15 is 0 Å². The van der Waals surface area contributed by atoms with Gasteiger partial charge in [-0.2, -0.15) is 0 Å². The van der Waals surface area contributed by atoms with Gasteiger partial charge in [-0.1, -0.05) is 15.9 Å². The minimum atomic E-state index is -0.827. The van der Waals surface area contributed by atoms with Crippen LogP contribution in [0, 0.1) is 10.1 Å². The molecule has 0 saturated carbocycles. The van der Waals surface area contributed by atoms with Crippen molar-refractivity contribution in [1.29, 1.82) is 0 Å². The quantitative estimate of drug-likeness (QED) is 0.347. The normalized spacial score (nSPS) is 10.6. The van der Waals surface area contributed by atoms with Crippen LogP contribution < -0.4 is 10.9 Å². The zero-order valence-electron chi connectivity index (χ0n) is 12.3. The Balaban J connectivity index is 2.01. The molecule has 0 fully saturated rings. The van der Waals surface area contributed by atoms with Gasteiger partial charge in [0.05, 0.1) is 10.6 Å². The molecule has 0 unspecified atom stereocenters. The van der Waals surface area contributed by atoms with Crippen LogP contribution in [0.1, 0.15) is 10.4 Å². The molecule has 0 aliphatic heterocycles. The Kier molecular flexibility index (Phi) is 4.69. The molecule has 0 aliphatic rings. The summed E-state index contributed by atoms with van der Waals surface area (Å²) in [5.41, 5.74) is -0.609. The number of amides is 1. The van der Waals surface area contributed by atoms with Crippen molar-refractivity contribution >= 4 is 60.1 Å². The van der Waals surface area contributed by atoms with Crippen molar-refractivity contribution in [2.75, 3.05) is 5.32 Å². The van der Waals surface area contributed by atoms with Crippen LogP contribution >= 0.6 is 31.9 Å². The summed E-state index contributed by atoms with van der Waals surface area (Å²) >= 11 is 6.61. The minimum Gasteiger partial charge on any atom is -0.422 e. The van der Waals surface area contributed by atoms with E-state index in [1.807, 2.05) is 0 Å². The number of rotatable bonds is 3. The summed E-state index contributed by atoms with van der Waals surface area (Å²) in [5, 5.41) is 13.7. The first-order valence-corrected chi connectivity index (χ1v) is 8.42.